The van der Waals surface area contributed by atoms with Crippen molar-refractivity contribution in [2.24, 2.45) is 0 Å². The molecule has 0 fully saturated rings. The minimum Gasteiger partial charge on any atom is -0.546 e. The number of carbonyl (C=O) groups is 1. The quantitative estimate of drug-likeness (QED) is 0.697. The van der Waals surface area contributed by atoms with E-state index in [-0.39, 0.29) is 29.6 Å². The molecule has 2 aromatic carbocycles. The molecule has 0 atom stereocenters. The summed E-state index contributed by atoms with van der Waals surface area (Å²) in [7, 11) is 0. The van der Waals surface area contributed by atoms with E-state index in [9.17, 15) is 9.90 Å². The summed E-state index contributed by atoms with van der Waals surface area (Å²) >= 11 is 0. The Morgan fingerprint density at radius 2 is 1.65 bits per heavy atom. The second kappa shape index (κ2) is 10.3. The van der Waals surface area contributed by atoms with Crippen molar-refractivity contribution < 1.29 is 49.3 Å². The summed E-state index contributed by atoms with van der Waals surface area (Å²) in [5, 5.41) is 18.9. The summed E-state index contributed by atoms with van der Waals surface area (Å²) < 4.78 is 4.81. The smallest absolute Gasteiger partial charge is 0.546 e. The first-order valence-electron chi connectivity index (χ1n) is 5.72. The van der Waals surface area contributed by atoms with Crippen LogP contribution >= 0.6 is 0 Å². The number of rotatable bonds is 3. The monoisotopic (exact) mass is 282 g/mol. The molecule has 0 aliphatic carbocycles. The van der Waals surface area contributed by atoms with Crippen LogP contribution in [0.25, 0.3) is 0 Å². The van der Waals surface area contributed by atoms with E-state index in [0.29, 0.717) is 11.5 Å². The molecule has 0 heterocycles. The predicted molar refractivity (Wildman–Crippen MR) is 69.8 cm³/mol. The van der Waals surface area contributed by atoms with E-state index in [1.54, 1.807) is 30.3 Å². The van der Waals surface area contributed by atoms with Crippen molar-refractivity contribution in [1.29, 1.82) is 0 Å². The summed E-state index contributed by atoms with van der Waals surface area (Å²) in [6, 6.07) is 16.0. The van der Waals surface area contributed by atoms with Gasteiger partial charge in [-0.1, -0.05) is 36.4 Å². The van der Waals surface area contributed by atoms with Gasteiger partial charge in [-0.2, -0.15) is 0 Å². The molecule has 5 heteroatoms. The number of para-hydroxylation sites is 2. The first-order chi connectivity index (χ1) is 9.09. The summed E-state index contributed by atoms with van der Waals surface area (Å²) in [4.78, 5) is 9.94. The van der Waals surface area contributed by atoms with Crippen LogP contribution in [0.4, 0.5) is 0 Å². The third-order valence-corrected chi connectivity index (χ3v) is 2.22. The van der Waals surface area contributed by atoms with Crippen molar-refractivity contribution in [1.82, 2.24) is 0 Å². The van der Waals surface area contributed by atoms with Gasteiger partial charge in [0.25, 0.3) is 0 Å². The number of aromatic hydroxyl groups is 1. The van der Waals surface area contributed by atoms with E-state index in [1.807, 2.05) is 31.2 Å². The number of phenolic OH excluding ortho intramolecular Hbond substituents is 1. The Labute approximate surface area is 140 Å². The summed E-state index contributed by atoms with van der Waals surface area (Å²) in [6.07, 6.45) is 0. The average molecular weight is 282 g/mol. The fourth-order valence-electron chi connectivity index (χ4n) is 1.22. The number of aliphatic carboxylic acids is 1. The molecule has 4 nitrogen and oxygen atoms in total. The van der Waals surface area contributed by atoms with E-state index in [1.165, 1.54) is 0 Å². The number of carboxylic acids is 1. The van der Waals surface area contributed by atoms with E-state index in [2.05, 4.69) is 0 Å². The number of hydrogen-bond acceptors (Lipinski definition) is 4. The average Bonchev–Trinajstić information content (AvgIpc) is 2.42. The number of carboxylic acid groups (broad SMARTS) is 1. The molecule has 1 N–H and O–H groups in total. The van der Waals surface area contributed by atoms with Gasteiger partial charge in [-0.15, -0.1) is 0 Å². The Hall–Kier alpha value is -1.49. The topological polar surface area (TPSA) is 69.6 Å². The number of carbonyl (C=O) groups excluding carboxylic acids is 1. The fraction of sp³-hybridized carbons (Fsp3) is 0.133. The van der Waals surface area contributed by atoms with Gasteiger partial charge in [0.2, 0.25) is 0 Å². The molecule has 20 heavy (non-hydrogen) atoms. The Kier molecular flexibility index (Phi) is 9.55. The summed E-state index contributed by atoms with van der Waals surface area (Å²) in [6.45, 7) is 1.47. The molecule has 0 saturated carbocycles. The third kappa shape index (κ3) is 7.84. The van der Waals surface area contributed by atoms with Crippen molar-refractivity contribution in [2.75, 3.05) is 6.61 Å². The van der Waals surface area contributed by atoms with Crippen LogP contribution in [0.5, 0.6) is 11.5 Å². The standard InChI is InChI=1S/C8H8O3.C7H8O.Na/c9-8(10)6-11-7-4-2-1-3-5-7;1-6-4-2-3-5-7(6)8;/h1-5H,6H2,(H,9,10);2-5,8H,1H3;/q;;+1/p-1. The van der Waals surface area contributed by atoms with Crippen LogP contribution in [0.15, 0.2) is 54.6 Å². The van der Waals surface area contributed by atoms with Gasteiger partial charge in [0, 0.05) is 0 Å². The predicted octanol–water partition coefficient (Wildman–Crippen LogP) is -1.48. The van der Waals surface area contributed by atoms with Crippen molar-refractivity contribution in [3.63, 3.8) is 0 Å². The number of hydrogen-bond donors (Lipinski definition) is 1. The number of ether oxygens (including phenoxy) is 1. The van der Waals surface area contributed by atoms with Crippen molar-refractivity contribution in [2.45, 2.75) is 6.92 Å². The zero-order valence-electron chi connectivity index (χ0n) is 11.6. The van der Waals surface area contributed by atoms with Crippen molar-refractivity contribution in [3.8, 4) is 11.5 Å². The second-order valence-corrected chi connectivity index (χ2v) is 3.76. The second-order valence-electron chi connectivity index (χ2n) is 3.76. The summed E-state index contributed by atoms with van der Waals surface area (Å²) in [5.41, 5.74) is 0.924. The number of phenols is 1. The van der Waals surface area contributed by atoms with Crippen LogP contribution in [0.2, 0.25) is 0 Å². The maximum Gasteiger partial charge on any atom is 1.00 e. The molecule has 0 aliphatic heterocycles. The third-order valence-electron chi connectivity index (χ3n) is 2.22. The first kappa shape index (κ1) is 18.5. The van der Waals surface area contributed by atoms with Crippen LogP contribution in [0, 0.1) is 6.92 Å². The maximum atomic E-state index is 9.94. The molecule has 100 valence electrons. The van der Waals surface area contributed by atoms with Gasteiger partial charge in [0.15, 0.2) is 0 Å². The Morgan fingerprint density at radius 1 is 1.10 bits per heavy atom. The van der Waals surface area contributed by atoms with E-state index < -0.39 is 12.6 Å². The molecule has 0 radical (unpaired) electrons. The maximum absolute atomic E-state index is 9.94. The minimum absolute atomic E-state index is 0. The zero-order chi connectivity index (χ0) is 14.1. The SMILES string of the molecule is Cc1ccccc1O.O=C([O-])COc1ccccc1.[Na+]. The molecule has 0 aliphatic rings. The molecular weight excluding hydrogens is 267 g/mol. The molecule has 0 unspecified atom stereocenters. The van der Waals surface area contributed by atoms with E-state index in [0.717, 1.165) is 5.56 Å². The van der Waals surface area contributed by atoms with Gasteiger partial charge in [-0.05, 0) is 30.7 Å². The van der Waals surface area contributed by atoms with Crippen LogP contribution in [0.3, 0.4) is 0 Å². The van der Waals surface area contributed by atoms with Crippen LogP contribution < -0.4 is 39.4 Å². The Bertz CT molecular complexity index is 493. The van der Waals surface area contributed by atoms with E-state index in [4.69, 9.17) is 9.84 Å². The first-order valence-corrected chi connectivity index (χ1v) is 5.72. The van der Waals surface area contributed by atoms with Crippen molar-refractivity contribution in [3.05, 3.63) is 60.2 Å². The minimum atomic E-state index is -1.21. The molecule has 0 saturated heterocycles. The summed E-state index contributed by atoms with van der Waals surface area (Å²) in [5.74, 6) is -0.307. The van der Waals surface area contributed by atoms with Gasteiger partial charge in [0.1, 0.15) is 18.1 Å². The van der Waals surface area contributed by atoms with Crippen LogP contribution in [-0.4, -0.2) is 17.7 Å². The van der Waals surface area contributed by atoms with Gasteiger partial charge in [0.05, 0.1) is 5.97 Å². The van der Waals surface area contributed by atoms with Gasteiger partial charge in [-0.3, -0.25) is 0 Å². The zero-order valence-corrected chi connectivity index (χ0v) is 13.6. The number of benzene rings is 2. The molecule has 0 amide bonds. The fourth-order valence-corrected chi connectivity index (χ4v) is 1.22. The van der Waals surface area contributed by atoms with Crippen molar-refractivity contribution >= 4 is 5.97 Å². The van der Waals surface area contributed by atoms with Crippen LogP contribution in [0.1, 0.15) is 5.56 Å². The molecule has 0 aromatic heterocycles. The molecule has 2 aromatic rings. The largest absolute Gasteiger partial charge is 1.00 e. The molecule has 0 bridgehead atoms. The van der Waals surface area contributed by atoms with Gasteiger partial charge >= 0.3 is 29.6 Å². The molecule has 0 spiro atoms. The Morgan fingerprint density at radius 3 is 2.10 bits per heavy atom. The molecule has 2 rings (SSSR count). The number of aryl methyl sites for hydroxylation is 1. The Balaban J connectivity index is 0.000000359. The van der Waals surface area contributed by atoms with Gasteiger partial charge < -0.3 is 19.7 Å². The van der Waals surface area contributed by atoms with Gasteiger partial charge in [-0.25, -0.2) is 0 Å². The molecular formula is C15H15NaO4. The van der Waals surface area contributed by atoms with Crippen LogP contribution in [-0.2, 0) is 4.79 Å². The normalized spacial score (nSPS) is 8.65. The van der Waals surface area contributed by atoms with E-state index >= 15 is 0 Å².